The molecule has 1 heterocycles. The Labute approximate surface area is 113 Å². The molecule has 98 valence electrons. The fourth-order valence-corrected chi connectivity index (χ4v) is 2.05. The van der Waals surface area contributed by atoms with E-state index in [0.29, 0.717) is 16.3 Å². The number of hydrogen-bond donors (Lipinski definition) is 1. The maximum Gasteiger partial charge on any atom is 0.339 e. The Balaban J connectivity index is 2.67. The molecule has 6 heteroatoms. The van der Waals surface area contributed by atoms with Gasteiger partial charge in [0.15, 0.2) is 5.16 Å². The first-order chi connectivity index (χ1) is 9.01. The zero-order valence-electron chi connectivity index (χ0n) is 10.3. The van der Waals surface area contributed by atoms with Crippen LogP contribution in [0, 0.1) is 12.7 Å². The number of thioether (sulfide) groups is 1. The van der Waals surface area contributed by atoms with E-state index in [9.17, 15) is 9.18 Å². The zero-order chi connectivity index (χ0) is 14.0. The molecule has 0 aliphatic heterocycles. The van der Waals surface area contributed by atoms with Gasteiger partial charge in [-0.2, -0.15) is 0 Å². The van der Waals surface area contributed by atoms with Crippen LogP contribution in [-0.2, 0) is 0 Å². The number of halogens is 1. The summed E-state index contributed by atoms with van der Waals surface area (Å²) in [5, 5.41) is 9.59. The molecule has 0 radical (unpaired) electrons. The van der Waals surface area contributed by atoms with E-state index in [2.05, 4.69) is 9.97 Å². The van der Waals surface area contributed by atoms with Gasteiger partial charge in [-0.15, -0.1) is 0 Å². The molecule has 0 aliphatic carbocycles. The van der Waals surface area contributed by atoms with Gasteiger partial charge in [-0.3, -0.25) is 0 Å². The molecule has 0 spiro atoms. The van der Waals surface area contributed by atoms with Crippen molar-refractivity contribution in [3.63, 3.8) is 0 Å². The van der Waals surface area contributed by atoms with Crippen LogP contribution in [-0.4, -0.2) is 27.3 Å². The van der Waals surface area contributed by atoms with Crippen LogP contribution in [0.1, 0.15) is 15.9 Å². The highest BCUT2D eigenvalue weighted by atomic mass is 32.2. The Bertz CT molecular complexity index is 626. The molecule has 1 aromatic heterocycles. The zero-order valence-corrected chi connectivity index (χ0v) is 11.2. The van der Waals surface area contributed by atoms with Crippen molar-refractivity contribution in [2.45, 2.75) is 12.1 Å². The van der Waals surface area contributed by atoms with Gasteiger partial charge in [-0.05, 0) is 36.9 Å². The van der Waals surface area contributed by atoms with Crippen LogP contribution in [0.4, 0.5) is 4.39 Å². The first-order valence-electron chi connectivity index (χ1n) is 5.43. The number of carbonyl (C=O) groups is 1. The van der Waals surface area contributed by atoms with E-state index in [-0.39, 0.29) is 11.3 Å². The average Bonchev–Trinajstić information content (AvgIpc) is 2.36. The van der Waals surface area contributed by atoms with E-state index in [1.165, 1.54) is 30.1 Å². The summed E-state index contributed by atoms with van der Waals surface area (Å²) in [5.74, 6) is -1.56. The molecule has 0 atom stereocenters. The summed E-state index contributed by atoms with van der Waals surface area (Å²) in [5.41, 5.74) is 1.33. The number of aryl methyl sites for hydroxylation is 1. The topological polar surface area (TPSA) is 63.1 Å². The highest BCUT2D eigenvalue weighted by molar-refractivity contribution is 7.98. The largest absolute Gasteiger partial charge is 0.478 e. The van der Waals surface area contributed by atoms with E-state index in [0.717, 1.165) is 0 Å². The monoisotopic (exact) mass is 278 g/mol. The van der Waals surface area contributed by atoms with Crippen LogP contribution in [0.3, 0.4) is 0 Å². The van der Waals surface area contributed by atoms with E-state index in [4.69, 9.17) is 5.11 Å². The fraction of sp³-hybridized carbons (Fsp3) is 0.154. The van der Waals surface area contributed by atoms with Crippen molar-refractivity contribution in [2.24, 2.45) is 0 Å². The lowest BCUT2D eigenvalue weighted by Crippen LogP contribution is -2.04. The van der Waals surface area contributed by atoms with E-state index in [1.54, 1.807) is 19.2 Å². The normalized spacial score (nSPS) is 10.5. The first-order valence-corrected chi connectivity index (χ1v) is 6.65. The number of rotatable bonds is 3. The molecule has 0 saturated heterocycles. The Morgan fingerprint density at radius 1 is 1.37 bits per heavy atom. The predicted molar refractivity (Wildman–Crippen MR) is 70.9 cm³/mol. The summed E-state index contributed by atoms with van der Waals surface area (Å²) >= 11 is 1.30. The van der Waals surface area contributed by atoms with Crippen molar-refractivity contribution in [2.75, 3.05) is 6.26 Å². The minimum absolute atomic E-state index is 0.0391. The van der Waals surface area contributed by atoms with Crippen molar-refractivity contribution in [1.82, 2.24) is 9.97 Å². The molecule has 1 N–H and O–H groups in total. The van der Waals surface area contributed by atoms with Gasteiger partial charge in [0, 0.05) is 11.8 Å². The lowest BCUT2D eigenvalue weighted by molar-refractivity contribution is 0.0696. The molecule has 0 fully saturated rings. The van der Waals surface area contributed by atoms with Gasteiger partial charge in [0.05, 0.1) is 5.69 Å². The molecule has 0 bridgehead atoms. The second-order valence-corrected chi connectivity index (χ2v) is 4.71. The van der Waals surface area contributed by atoms with Gasteiger partial charge >= 0.3 is 5.97 Å². The SMILES string of the molecule is CSc1ncc(C(=O)O)c(-c2cc(C)cc(F)c2)n1. The van der Waals surface area contributed by atoms with Crippen LogP contribution in [0.25, 0.3) is 11.3 Å². The Hall–Kier alpha value is -1.95. The lowest BCUT2D eigenvalue weighted by atomic mass is 10.0. The molecule has 0 amide bonds. The second kappa shape index (κ2) is 5.36. The second-order valence-electron chi connectivity index (χ2n) is 3.94. The van der Waals surface area contributed by atoms with Crippen LogP contribution in [0.5, 0.6) is 0 Å². The van der Waals surface area contributed by atoms with Crippen molar-refractivity contribution in [3.05, 3.63) is 41.3 Å². The smallest absolute Gasteiger partial charge is 0.339 e. The van der Waals surface area contributed by atoms with Crippen molar-refractivity contribution in [1.29, 1.82) is 0 Å². The van der Waals surface area contributed by atoms with Crippen molar-refractivity contribution < 1.29 is 14.3 Å². The van der Waals surface area contributed by atoms with Gasteiger partial charge < -0.3 is 5.11 Å². The molecule has 19 heavy (non-hydrogen) atoms. The molecule has 2 aromatic rings. The maximum atomic E-state index is 13.4. The third-order valence-electron chi connectivity index (χ3n) is 2.50. The van der Waals surface area contributed by atoms with Gasteiger partial charge in [-0.1, -0.05) is 11.8 Å². The standard InChI is InChI=1S/C13H11FN2O2S/c1-7-3-8(5-9(14)4-7)11-10(12(17)18)6-15-13(16-11)19-2/h3-6H,1-2H3,(H,17,18). The number of aromatic carboxylic acids is 1. The van der Waals surface area contributed by atoms with E-state index < -0.39 is 11.8 Å². The fourth-order valence-electron chi connectivity index (χ4n) is 1.71. The highest BCUT2D eigenvalue weighted by Crippen LogP contribution is 2.25. The number of carboxylic acids is 1. The Kier molecular flexibility index (Phi) is 3.80. The van der Waals surface area contributed by atoms with Gasteiger partial charge in [0.1, 0.15) is 11.4 Å². The Morgan fingerprint density at radius 3 is 2.68 bits per heavy atom. The van der Waals surface area contributed by atoms with Crippen LogP contribution in [0.15, 0.2) is 29.6 Å². The van der Waals surface area contributed by atoms with Crippen LogP contribution < -0.4 is 0 Å². The highest BCUT2D eigenvalue weighted by Gasteiger charge is 2.16. The number of aromatic nitrogens is 2. The molecule has 0 aliphatic rings. The molecule has 2 rings (SSSR count). The molecule has 0 unspecified atom stereocenters. The predicted octanol–water partition coefficient (Wildman–Crippen LogP) is 3.01. The molecular weight excluding hydrogens is 267 g/mol. The summed E-state index contributed by atoms with van der Waals surface area (Å²) in [7, 11) is 0. The maximum absolute atomic E-state index is 13.4. The number of nitrogens with zero attached hydrogens (tertiary/aromatic N) is 2. The summed E-state index contributed by atoms with van der Waals surface area (Å²) < 4.78 is 13.4. The average molecular weight is 278 g/mol. The Morgan fingerprint density at radius 2 is 2.11 bits per heavy atom. The third-order valence-corrected chi connectivity index (χ3v) is 3.06. The van der Waals surface area contributed by atoms with Gasteiger partial charge in [0.25, 0.3) is 0 Å². The quantitative estimate of drug-likeness (QED) is 0.690. The van der Waals surface area contributed by atoms with E-state index >= 15 is 0 Å². The summed E-state index contributed by atoms with van der Waals surface area (Å²) in [6.07, 6.45) is 3.03. The molecule has 1 aromatic carbocycles. The van der Waals surface area contributed by atoms with Crippen LogP contribution >= 0.6 is 11.8 Å². The number of benzene rings is 1. The number of carboxylic acid groups (broad SMARTS) is 1. The van der Waals surface area contributed by atoms with Crippen molar-refractivity contribution >= 4 is 17.7 Å². The van der Waals surface area contributed by atoms with Crippen LogP contribution in [0.2, 0.25) is 0 Å². The van der Waals surface area contributed by atoms with Gasteiger partial charge in [-0.25, -0.2) is 19.2 Å². The molecule has 0 saturated carbocycles. The molecular formula is C13H11FN2O2S. The first kappa shape index (κ1) is 13.5. The number of hydrogen-bond acceptors (Lipinski definition) is 4. The lowest BCUT2D eigenvalue weighted by Gasteiger charge is -2.07. The molecule has 4 nitrogen and oxygen atoms in total. The van der Waals surface area contributed by atoms with Crippen molar-refractivity contribution in [3.8, 4) is 11.3 Å². The minimum atomic E-state index is -1.13. The minimum Gasteiger partial charge on any atom is -0.478 e. The van der Waals surface area contributed by atoms with E-state index in [1.807, 2.05) is 0 Å². The summed E-state index contributed by atoms with van der Waals surface area (Å²) in [6, 6.07) is 4.34. The summed E-state index contributed by atoms with van der Waals surface area (Å²) in [6.45, 7) is 1.74. The third kappa shape index (κ3) is 2.90. The van der Waals surface area contributed by atoms with Gasteiger partial charge in [0.2, 0.25) is 0 Å². The summed E-state index contributed by atoms with van der Waals surface area (Å²) in [4.78, 5) is 19.3.